The highest BCUT2D eigenvalue weighted by molar-refractivity contribution is 5.95. The number of pyridine rings is 1. The first kappa shape index (κ1) is 24.3. The number of piperazine rings is 1. The van der Waals surface area contributed by atoms with Crippen LogP contribution in [0.15, 0.2) is 47.3 Å². The Balaban J connectivity index is 1.73. The second-order valence-electron chi connectivity index (χ2n) is 9.83. The Hall–Kier alpha value is -3.86. The molecule has 8 heteroatoms. The largest absolute Gasteiger partial charge is 0.444 e. The molecule has 0 N–H and O–H groups in total. The van der Waals surface area contributed by atoms with Crippen LogP contribution in [0.2, 0.25) is 0 Å². The van der Waals surface area contributed by atoms with Gasteiger partial charge in [0.2, 0.25) is 0 Å². The minimum Gasteiger partial charge on any atom is -0.444 e. The van der Waals surface area contributed by atoms with Crippen molar-refractivity contribution >= 4 is 22.7 Å². The van der Waals surface area contributed by atoms with Crippen molar-refractivity contribution in [3.05, 3.63) is 75.3 Å². The molecule has 0 aliphatic carbocycles. The number of carbonyl (C=O) groups is 1. The zero-order chi connectivity index (χ0) is 25.3. The van der Waals surface area contributed by atoms with Crippen molar-refractivity contribution in [3.63, 3.8) is 0 Å². The van der Waals surface area contributed by atoms with E-state index in [0.717, 1.165) is 16.5 Å². The molecule has 0 bridgehead atoms. The summed E-state index contributed by atoms with van der Waals surface area (Å²) in [4.78, 5) is 29.7. The van der Waals surface area contributed by atoms with Crippen LogP contribution in [0, 0.1) is 24.1 Å². The molecule has 3 aromatic rings. The lowest BCUT2D eigenvalue weighted by molar-refractivity contribution is 0.0240. The van der Waals surface area contributed by atoms with E-state index in [1.54, 1.807) is 21.6 Å². The summed E-state index contributed by atoms with van der Waals surface area (Å²) in [7, 11) is 0. The summed E-state index contributed by atoms with van der Waals surface area (Å²) < 4.78 is 20.4. The van der Waals surface area contributed by atoms with Gasteiger partial charge < -0.3 is 19.1 Å². The van der Waals surface area contributed by atoms with Crippen LogP contribution in [0.1, 0.15) is 37.5 Å². The molecule has 0 unspecified atom stereocenters. The second-order valence-corrected chi connectivity index (χ2v) is 9.83. The Morgan fingerprint density at radius 3 is 2.34 bits per heavy atom. The quantitative estimate of drug-likeness (QED) is 0.559. The normalized spacial score (nSPS) is 14.2. The van der Waals surface area contributed by atoms with Gasteiger partial charge in [-0.1, -0.05) is 23.8 Å². The lowest BCUT2D eigenvalue weighted by atomic mass is 10.0. The van der Waals surface area contributed by atoms with Gasteiger partial charge in [-0.3, -0.25) is 4.79 Å². The van der Waals surface area contributed by atoms with E-state index in [0.29, 0.717) is 37.4 Å². The molecule has 1 saturated heterocycles. The summed E-state index contributed by atoms with van der Waals surface area (Å²) in [5.41, 5.74) is 2.16. The summed E-state index contributed by atoms with van der Waals surface area (Å²) in [6, 6.07) is 13.9. The van der Waals surface area contributed by atoms with Crippen molar-refractivity contribution < 1.29 is 13.9 Å². The first-order valence-electron chi connectivity index (χ1n) is 11.6. The van der Waals surface area contributed by atoms with Gasteiger partial charge in [-0.05, 0) is 57.5 Å². The molecule has 1 amide bonds. The highest BCUT2D eigenvalue weighted by atomic mass is 19.1. The molecule has 1 aromatic heterocycles. The number of ether oxygens (including phenoxy) is 1. The molecule has 182 valence electrons. The third-order valence-corrected chi connectivity index (χ3v) is 6.01. The van der Waals surface area contributed by atoms with E-state index in [2.05, 4.69) is 6.07 Å². The third kappa shape index (κ3) is 5.14. The number of aromatic nitrogens is 1. The smallest absolute Gasteiger partial charge is 0.410 e. The molecular formula is C27H29FN4O3. The van der Waals surface area contributed by atoms with Crippen LogP contribution in [-0.4, -0.2) is 47.3 Å². The van der Waals surface area contributed by atoms with E-state index >= 15 is 0 Å². The van der Waals surface area contributed by atoms with E-state index in [4.69, 9.17) is 4.74 Å². The SMILES string of the molecule is Cc1ccc2c(c1)c(N1CCN(C(=O)OC(C)(C)C)CC1)c(C#N)c(=O)n2Cc1ccc(F)cc1. The molecule has 35 heavy (non-hydrogen) atoms. The Kier molecular flexibility index (Phi) is 6.53. The van der Waals surface area contributed by atoms with Gasteiger partial charge >= 0.3 is 6.09 Å². The highest BCUT2D eigenvalue weighted by Gasteiger charge is 2.29. The molecule has 2 heterocycles. The fourth-order valence-electron chi connectivity index (χ4n) is 4.35. The second kappa shape index (κ2) is 9.41. The van der Waals surface area contributed by atoms with Crippen LogP contribution in [0.5, 0.6) is 0 Å². The number of hydrogen-bond donors (Lipinski definition) is 0. The summed E-state index contributed by atoms with van der Waals surface area (Å²) in [5.74, 6) is -0.347. The lowest BCUT2D eigenvalue weighted by Gasteiger charge is -2.37. The van der Waals surface area contributed by atoms with Crippen LogP contribution < -0.4 is 10.5 Å². The molecule has 0 saturated carbocycles. The Labute approximate surface area is 203 Å². The Morgan fingerprint density at radius 1 is 1.09 bits per heavy atom. The van der Waals surface area contributed by atoms with Crippen LogP contribution in [-0.2, 0) is 11.3 Å². The number of nitriles is 1. The van der Waals surface area contributed by atoms with E-state index in [1.807, 2.05) is 50.8 Å². The fraction of sp³-hybridized carbons (Fsp3) is 0.370. The number of anilines is 1. The van der Waals surface area contributed by atoms with Gasteiger partial charge in [0.25, 0.3) is 5.56 Å². The highest BCUT2D eigenvalue weighted by Crippen LogP contribution is 2.31. The van der Waals surface area contributed by atoms with E-state index in [1.165, 1.54) is 12.1 Å². The van der Waals surface area contributed by atoms with Crippen LogP contribution in [0.3, 0.4) is 0 Å². The van der Waals surface area contributed by atoms with Crippen molar-refractivity contribution in [1.29, 1.82) is 5.26 Å². The fourth-order valence-corrected chi connectivity index (χ4v) is 4.35. The number of benzene rings is 2. The van der Waals surface area contributed by atoms with Gasteiger partial charge in [-0.2, -0.15) is 5.26 Å². The van der Waals surface area contributed by atoms with Crippen LogP contribution in [0.25, 0.3) is 10.9 Å². The molecule has 1 aliphatic heterocycles. The van der Waals surface area contributed by atoms with Crippen molar-refractivity contribution in [1.82, 2.24) is 9.47 Å². The molecule has 0 atom stereocenters. The van der Waals surface area contributed by atoms with Gasteiger partial charge in [0.15, 0.2) is 0 Å². The van der Waals surface area contributed by atoms with Crippen LogP contribution >= 0.6 is 0 Å². The number of amides is 1. The first-order chi connectivity index (χ1) is 16.6. The zero-order valence-electron chi connectivity index (χ0n) is 20.5. The molecule has 1 aliphatic rings. The molecule has 0 radical (unpaired) electrons. The number of fused-ring (bicyclic) bond motifs is 1. The minimum absolute atomic E-state index is 0.0657. The molecular weight excluding hydrogens is 447 g/mol. The minimum atomic E-state index is -0.578. The lowest BCUT2D eigenvalue weighted by Crippen LogP contribution is -2.50. The summed E-state index contributed by atoms with van der Waals surface area (Å²) in [6.45, 7) is 9.46. The molecule has 1 fully saturated rings. The summed E-state index contributed by atoms with van der Waals surface area (Å²) >= 11 is 0. The molecule has 2 aromatic carbocycles. The standard InChI is InChI=1S/C27H29FN4O3/c1-18-5-10-23-21(15-18)24(30-11-13-31(14-12-30)26(34)35-27(2,3)4)22(16-29)25(33)32(23)17-19-6-8-20(28)9-7-19/h5-10,15H,11-14,17H2,1-4H3. The first-order valence-corrected chi connectivity index (χ1v) is 11.6. The van der Waals surface area contributed by atoms with Crippen molar-refractivity contribution in [3.8, 4) is 6.07 Å². The van der Waals surface area contributed by atoms with Crippen LogP contribution in [0.4, 0.5) is 14.9 Å². The van der Waals surface area contributed by atoms with Crippen molar-refractivity contribution in [2.24, 2.45) is 0 Å². The van der Waals surface area contributed by atoms with Crippen molar-refractivity contribution in [2.75, 3.05) is 31.1 Å². The number of hydrogen-bond acceptors (Lipinski definition) is 5. The third-order valence-electron chi connectivity index (χ3n) is 6.01. The number of nitrogens with zero attached hydrogens (tertiary/aromatic N) is 4. The number of aryl methyl sites for hydroxylation is 1. The van der Waals surface area contributed by atoms with Crippen molar-refractivity contribution in [2.45, 2.75) is 39.8 Å². The van der Waals surface area contributed by atoms with Gasteiger partial charge in [0.05, 0.1) is 17.7 Å². The summed E-state index contributed by atoms with van der Waals surface area (Å²) in [6.07, 6.45) is -0.368. The van der Waals surface area contributed by atoms with E-state index in [9.17, 15) is 19.2 Å². The monoisotopic (exact) mass is 476 g/mol. The summed E-state index contributed by atoms with van der Waals surface area (Å²) in [5, 5.41) is 10.8. The predicted molar refractivity (Wildman–Crippen MR) is 133 cm³/mol. The topological polar surface area (TPSA) is 78.6 Å². The van der Waals surface area contributed by atoms with E-state index in [-0.39, 0.29) is 24.0 Å². The number of halogens is 1. The average Bonchev–Trinajstić information content (AvgIpc) is 2.80. The maximum absolute atomic E-state index is 13.5. The predicted octanol–water partition coefficient (Wildman–Crippen LogP) is 4.43. The number of carbonyl (C=O) groups excluding carboxylic acids is 1. The van der Waals surface area contributed by atoms with Gasteiger partial charge in [-0.25, -0.2) is 9.18 Å². The Bertz CT molecular complexity index is 1360. The number of rotatable bonds is 3. The Morgan fingerprint density at radius 2 is 1.74 bits per heavy atom. The van der Waals surface area contributed by atoms with E-state index < -0.39 is 11.2 Å². The van der Waals surface area contributed by atoms with Gasteiger partial charge in [0.1, 0.15) is 23.1 Å². The molecule has 4 rings (SSSR count). The van der Waals surface area contributed by atoms with Gasteiger partial charge in [0, 0.05) is 31.6 Å². The molecule has 0 spiro atoms. The zero-order valence-corrected chi connectivity index (χ0v) is 20.5. The molecule has 7 nitrogen and oxygen atoms in total. The van der Waals surface area contributed by atoms with Gasteiger partial charge in [-0.15, -0.1) is 0 Å². The maximum Gasteiger partial charge on any atom is 0.410 e. The maximum atomic E-state index is 13.5. The average molecular weight is 477 g/mol.